The van der Waals surface area contributed by atoms with E-state index in [-0.39, 0.29) is 29.6 Å². The van der Waals surface area contributed by atoms with Crippen molar-refractivity contribution in [3.8, 4) is 0 Å². The summed E-state index contributed by atoms with van der Waals surface area (Å²) < 4.78 is 0. The average Bonchev–Trinajstić information content (AvgIpc) is 2.91. The summed E-state index contributed by atoms with van der Waals surface area (Å²) in [4.78, 5) is 83.6. The summed E-state index contributed by atoms with van der Waals surface area (Å²) >= 11 is 0. The van der Waals surface area contributed by atoms with Crippen molar-refractivity contribution in [3.05, 3.63) is 0 Å². The van der Waals surface area contributed by atoms with Crippen molar-refractivity contribution in [1.82, 2.24) is 26.6 Å². The van der Waals surface area contributed by atoms with E-state index in [9.17, 15) is 39.0 Å². The molecule has 0 aromatic rings. The Bertz CT molecular complexity index is 1090. The maximum absolute atomic E-state index is 13.3. The number of hydrogen-bond acceptors (Lipinski definition) is 9. The van der Waals surface area contributed by atoms with Crippen molar-refractivity contribution in [3.63, 3.8) is 0 Å². The molecule has 284 valence electrons. The predicted molar refractivity (Wildman–Crippen MR) is 182 cm³/mol. The Morgan fingerprint density at radius 2 is 0.898 bits per heavy atom. The van der Waals surface area contributed by atoms with Crippen LogP contribution in [-0.2, 0) is 33.6 Å². The molecular weight excluding hydrogens is 642 g/mol. The molecule has 0 radical (unpaired) electrons. The van der Waals surface area contributed by atoms with Gasteiger partial charge in [0.2, 0.25) is 29.5 Å². The van der Waals surface area contributed by atoms with Crippen molar-refractivity contribution in [2.75, 3.05) is 0 Å². The second-order valence-corrected chi connectivity index (χ2v) is 13.9. The Morgan fingerprint density at radius 1 is 0.531 bits per heavy atom. The van der Waals surface area contributed by atoms with Crippen molar-refractivity contribution >= 4 is 41.5 Å². The third kappa shape index (κ3) is 21.7. The van der Waals surface area contributed by atoms with Crippen LogP contribution in [0.1, 0.15) is 102 Å². The Morgan fingerprint density at radius 3 is 1.27 bits per heavy atom. The summed E-state index contributed by atoms with van der Waals surface area (Å²) in [5.41, 5.74) is 0. The van der Waals surface area contributed by atoms with E-state index in [1.807, 2.05) is 27.7 Å². The van der Waals surface area contributed by atoms with Gasteiger partial charge >= 0.3 is 5.97 Å². The molecule has 0 aliphatic carbocycles. The molecule has 0 aromatic heterocycles. The molecule has 5 amide bonds. The largest absolute Gasteiger partial charge is 0.481 e. The van der Waals surface area contributed by atoms with Crippen molar-refractivity contribution in [2.45, 2.75) is 144 Å². The van der Waals surface area contributed by atoms with Crippen molar-refractivity contribution in [1.29, 1.82) is 0 Å². The number of carbonyl (C=O) groups is 7. The van der Waals surface area contributed by atoms with E-state index in [0.29, 0.717) is 12.8 Å². The van der Waals surface area contributed by atoms with Gasteiger partial charge in [-0.15, -0.1) is 0 Å². The topological polar surface area (TPSA) is 261 Å². The molecule has 0 aromatic carbocycles. The summed E-state index contributed by atoms with van der Waals surface area (Å²) in [5, 5.41) is 50.9. The normalized spacial score (nSPS) is 15.4. The van der Waals surface area contributed by atoms with Crippen LogP contribution in [0.15, 0.2) is 0 Å². The lowest BCUT2D eigenvalue weighted by atomic mass is 9.95. The van der Waals surface area contributed by atoms with Gasteiger partial charge in [0, 0.05) is 13.8 Å². The first-order valence-corrected chi connectivity index (χ1v) is 16.6. The molecule has 16 nitrogen and oxygen atoms in total. The lowest BCUT2D eigenvalue weighted by molar-refractivity contribution is -0.140. The van der Waals surface area contributed by atoms with Crippen LogP contribution in [0, 0.1) is 23.7 Å². The highest BCUT2D eigenvalue weighted by Crippen LogP contribution is 2.14. The lowest BCUT2D eigenvalue weighted by Gasteiger charge is -2.31. The van der Waals surface area contributed by atoms with Crippen molar-refractivity contribution in [2.24, 2.45) is 23.7 Å². The predicted octanol–water partition coefficient (Wildman–Crippen LogP) is 0.532. The minimum absolute atomic E-state index is 0.0185. The first-order valence-electron chi connectivity index (χ1n) is 16.6. The van der Waals surface area contributed by atoms with E-state index in [4.69, 9.17) is 15.0 Å². The molecule has 0 unspecified atom stereocenters. The number of carboxylic acid groups (broad SMARTS) is 2. The van der Waals surface area contributed by atoms with Crippen LogP contribution in [0.2, 0.25) is 0 Å². The second kappa shape index (κ2) is 23.5. The minimum atomic E-state index is -1.33. The van der Waals surface area contributed by atoms with E-state index in [0.717, 1.165) is 6.92 Å². The third-order valence-electron chi connectivity index (χ3n) is 7.14. The lowest BCUT2D eigenvalue weighted by Crippen LogP contribution is -2.59. The maximum atomic E-state index is 13.3. The van der Waals surface area contributed by atoms with Crippen LogP contribution in [-0.4, -0.2) is 104 Å². The molecule has 0 rings (SSSR count). The smallest absolute Gasteiger partial charge is 0.306 e. The Balaban J connectivity index is 0. The van der Waals surface area contributed by atoms with Crippen LogP contribution in [0.5, 0.6) is 0 Å². The fraction of sp³-hybridized carbons (Fsp3) is 0.788. The van der Waals surface area contributed by atoms with E-state index >= 15 is 0 Å². The highest BCUT2D eigenvalue weighted by Gasteiger charge is 2.33. The number of carbonyl (C=O) groups excluding carboxylic acids is 5. The number of aliphatic hydroxyl groups excluding tert-OH is 2. The number of nitrogens with one attached hydrogen (secondary N) is 5. The van der Waals surface area contributed by atoms with Gasteiger partial charge in [-0.1, -0.05) is 55.4 Å². The van der Waals surface area contributed by atoms with E-state index in [1.54, 1.807) is 27.7 Å². The molecule has 0 spiro atoms. The van der Waals surface area contributed by atoms with Gasteiger partial charge in [0.1, 0.15) is 18.1 Å². The molecule has 7 atom stereocenters. The SMILES string of the molecule is CC(=O)N[C@H](C(=O)N[C@H](C(=O)N[C@@H](CC(C)C)[C@@H](O)CC(=O)N[C@@H](C)C(=O)N[C@@H](CC(C)C)[C@@H](O)CC(=O)O)C(C)C)C(C)C.CC(=O)O. The Hall–Kier alpha value is -3.79. The number of rotatable bonds is 20. The molecule has 0 fully saturated rings. The number of hydrogen-bond donors (Lipinski definition) is 9. The Labute approximate surface area is 289 Å². The highest BCUT2D eigenvalue weighted by molar-refractivity contribution is 5.92. The van der Waals surface area contributed by atoms with Crippen molar-refractivity contribution < 1.29 is 54.0 Å². The number of carboxylic acids is 2. The van der Waals surface area contributed by atoms with Gasteiger partial charge in [0.15, 0.2) is 0 Å². The zero-order chi connectivity index (χ0) is 38.8. The minimum Gasteiger partial charge on any atom is -0.481 e. The van der Waals surface area contributed by atoms with Crippen LogP contribution >= 0.6 is 0 Å². The summed E-state index contributed by atoms with van der Waals surface area (Å²) in [7, 11) is 0. The van der Waals surface area contributed by atoms with Gasteiger partial charge < -0.3 is 47.0 Å². The average molecular weight is 704 g/mol. The molecule has 16 heteroatoms. The molecular formula is C33H61N5O11. The van der Waals surface area contributed by atoms with Gasteiger partial charge in [-0.25, -0.2) is 0 Å². The monoisotopic (exact) mass is 703 g/mol. The first-order chi connectivity index (χ1) is 22.4. The number of aliphatic hydroxyl groups is 2. The summed E-state index contributed by atoms with van der Waals surface area (Å²) in [5.74, 6) is -5.31. The molecule has 49 heavy (non-hydrogen) atoms. The van der Waals surface area contributed by atoms with E-state index < -0.39 is 90.8 Å². The maximum Gasteiger partial charge on any atom is 0.306 e. The summed E-state index contributed by atoms with van der Waals surface area (Å²) in [6.45, 7) is 18.3. The molecule has 0 heterocycles. The highest BCUT2D eigenvalue weighted by atomic mass is 16.4. The third-order valence-corrected chi connectivity index (χ3v) is 7.14. The van der Waals surface area contributed by atoms with E-state index in [2.05, 4.69) is 26.6 Å². The van der Waals surface area contributed by atoms with Gasteiger partial charge in [-0.05, 0) is 43.4 Å². The van der Waals surface area contributed by atoms with Crippen LogP contribution in [0.3, 0.4) is 0 Å². The molecule has 0 aliphatic rings. The fourth-order valence-corrected chi connectivity index (χ4v) is 4.77. The second-order valence-electron chi connectivity index (χ2n) is 13.9. The molecule has 0 saturated heterocycles. The number of aliphatic carboxylic acids is 2. The Kier molecular flexibility index (Phi) is 22.7. The first kappa shape index (κ1) is 47.3. The fourth-order valence-electron chi connectivity index (χ4n) is 4.77. The van der Waals surface area contributed by atoms with Crippen LogP contribution in [0.25, 0.3) is 0 Å². The van der Waals surface area contributed by atoms with Crippen LogP contribution in [0.4, 0.5) is 0 Å². The molecule has 0 saturated carbocycles. The van der Waals surface area contributed by atoms with Gasteiger partial charge in [-0.2, -0.15) is 0 Å². The number of amides is 5. The molecule has 9 N–H and O–H groups in total. The zero-order valence-electron chi connectivity index (χ0n) is 30.8. The van der Waals surface area contributed by atoms with Gasteiger partial charge in [0.25, 0.3) is 5.97 Å². The summed E-state index contributed by atoms with van der Waals surface area (Å²) in [6.07, 6.45) is -3.01. The zero-order valence-corrected chi connectivity index (χ0v) is 30.8. The molecule has 0 bridgehead atoms. The molecule has 0 aliphatic heterocycles. The van der Waals surface area contributed by atoms with Gasteiger partial charge in [-0.3, -0.25) is 33.6 Å². The van der Waals surface area contributed by atoms with Crippen LogP contribution < -0.4 is 26.6 Å². The quantitative estimate of drug-likeness (QED) is 0.0845. The summed E-state index contributed by atoms with van der Waals surface area (Å²) in [6, 6.07) is -4.59. The standard InChI is InChI=1S/C31H57N5O9.C2H4O2/c1-15(2)11-21(35-30(44)28(18(7)8)36-31(45)27(17(5)6)33-20(10)37)23(38)13-25(40)32-19(9)29(43)34-22(12-16(3)4)24(39)14-26(41)42;1-2(3)4/h15-19,21-24,27-28,38-39H,11-14H2,1-10H3,(H,32,40)(H,33,37)(H,34,43)(H,35,44)(H,36,45)(H,41,42);1H3,(H,3,4)/t19-,21-,22-,23-,24-,27-,28-;/m0./s1. The van der Waals surface area contributed by atoms with Gasteiger partial charge in [0.05, 0.1) is 37.1 Å². The van der Waals surface area contributed by atoms with E-state index in [1.165, 1.54) is 13.8 Å².